The van der Waals surface area contributed by atoms with Crippen molar-refractivity contribution in [2.75, 3.05) is 0 Å². The number of hydrogen-bond donors (Lipinski definition) is 0. The topological polar surface area (TPSA) is 0 Å². The minimum atomic E-state index is -1.67. The molecule has 0 saturated carbocycles. The van der Waals surface area contributed by atoms with Gasteiger partial charge in [0, 0.05) is 11.5 Å². The van der Waals surface area contributed by atoms with Crippen molar-refractivity contribution in [3.05, 3.63) is 28.5 Å². The minimum Gasteiger partial charge on any atom is -0.173 e. The fourth-order valence-electron chi connectivity index (χ4n) is 0.440. The second kappa shape index (κ2) is 2.73. The van der Waals surface area contributed by atoms with Crippen LogP contribution in [0.2, 0.25) is 0 Å². The Morgan fingerprint density at radius 3 is 2.89 bits per heavy atom. The van der Waals surface area contributed by atoms with Gasteiger partial charge in [0.05, 0.1) is 0 Å². The van der Waals surface area contributed by atoms with Gasteiger partial charge in [-0.05, 0) is 17.0 Å². The summed E-state index contributed by atoms with van der Waals surface area (Å²) >= 11 is 1.28. The van der Waals surface area contributed by atoms with E-state index in [0.717, 1.165) is 6.08 Å². The third-order valence-corrected chi connectivity index (χ3v) is 1.41. The molecule has 3 heteroatoms. The summed E-state index contributed by atoms with van der Waals surface area (Å²) in [6, 6.07) is 1.52. The third kappa shape index (κ3) is 1.93. The van der Waals surface area contributed by atoms with Crippen LogP contribution in [0.25, 0.3) is 6.08 Å². The van der Waals surface area contributed by atoms with Crippen molar-refractivity contribution in [2.45, 2.75) is 0 Å². The van der Waals surface area contributed by atoms with Gasteiger partial charge in [-0.2, -0.15) is 8.78 Å². The highest BCUT2D eigenvalue weighted by Gasteiger charge is 1.90. The Morgan fingerprint density at radius 2 is 2.44 bits per heavy atom. The second-order valence-electron chi connectivity index (χ2n) is 1.43. The zero-order valence-corrected chi connectivity index (χ0v) is 5.21. The van der Waals surface area contributed by atoms with E-state index >= 15 is 0 Å². The Bertz CT molecular complexity index is 197. The summed E-state index contributed by atoms with van der Waals surface area (Å²) in [5.74, 6) is 0. The molecule has 9 heavy (non-hydrogen) atoms. The van der Waals surface area contributed by atoms with Crippen LogP contribution in [0.3, 0.4) is 0 Å². The summed E-state index contributed by atoms with van der Waals surface area (Å²) in [6.07, 6.45) is -0.853. The maximum Gasteiger partial charge on any atom is 0.270 e. The summed E-state index contributed by atoms with van der Waals surface area (Å²) in [7, 11) is 0. The average Bonchev–Trinajstić information content (AvgIpc) is 2.15. The highest BCUT2D eigenvalue weighted by molar-refractivity contribution is 7.07. The molecule has 0 atom stereocenters. The van der Waals surface area contributed by atoms with Crippen molar-refractivity contribution in [3.63, 3.8) is 0 Å². The normalized spacial score (nSPS) is 9.11. The van der Waals surface area contributed by atoms with E-state index in [9.17, 15) is 8.78 Å². The maximum absolute atomic E-state index is 11.4. The van der Waals surface area contributed by atoms with E-state index in [-0.39, 0.29) is 0 Å². The molecular formula is C6H3F2S. The number of thiophene rings is 1. The summed E-state index contributed by atoms with van der Waals surface area (Å²) in [5, 5.41) is 4.31. The molecule has 0 spiro atoms. The van der Waals surface area contributed by atoms with E-state index in [0.29, 0.717) is 5.56 Å². The van der Waals surface area contributed by atoms with Crippen LogP contribution in [0.4, 0.5) is 8.78 Å². The molecule has 0 unspecified atom stereocenters. The Hall–Kier alpha value is -0.700. The van der Waals surface area contributed by atoms with Gasteiger partial charge in [0.1, 0.15) is 0 Å². The molecule has 0 aliphatic heterocycles. The van der Waals surface area contributed by atoms with Crippen LogP contribution in [0.1, 0.15) is 5.56 Å². The molecular weight excluding hydrogens is 142 g/mol. The first-order valence-electron chi connectivity index (χ1n) is 2.26. The first-order valence-corrected chi connectivity index (χ1v) is 3.14. The van der Waals surface area contributed by atoms with Crippen LogP contribution >= 0.6 is 11.3 Å². The van der Waals surface area contributed by atoms with Crippen LogP contribution in [0.5, 0.6) is 0 Å². The largest absolute Gasteiger partial charge is 0.270 e. The van der Waals surface area contributed by atoms with Gasteiger partial charge in [-0.3, -0.25) is 0 Å². The molecule has 0 aromatic carbocycles. The predicted octanol–water partition coefficient (Wildman–Crippen LogP) is 2.79. The lowest BCUT2D eigenvalue weighted by atomic mass is 10.3. The van der Waals surface area contributed by atoms with Crippen molar-refractivity contribution in [2.24, 2.45) is 0 Å². The number of halogens is 2. The summed E-state index contributed by atoms with van der Waals surface area (Å²) in [6.45, 7) is 0. The van der Waals surface area contributed by atoms with Crippen LogP contribution in [0.15, 0.2) is 17.5 Å². The van der Waals surface area contributed by atoms with Crippen LogP contribution < -0.4 is 0 Å². The first-order chi connectivity index (χ1) is 4.29. The number of hydrogen-bond acceptors (Lipinski definition) is 1. The monoisotopic (exact) mass is 145 g/mol. The van der Waals surface area contributed by atoms with E-state index in [4.69, 9.17) is 0 Å². The Morgan fingerprint density at radius 1 is 1.67 bits per heavy atom. The Balaban J connectivity index is 2.80. The number of rotatable bonds is 1. The molecule has 0 saturated heterocycles. The molecule has 1 radical (unpaired) electrons. The fraction of sp³-hybridized carbons (Fsp3) is 0. The fourth-order valence-corrected chi connectivity index (χ4v) is 0.984. The summed E-state index contributed by atoms with van der Waals surface area (Å²) < 4.78 is 22.9. The predicted molar refractivity (Wildman–Crippen MR) is 33.3 cm³/mol. The van der Waals surface area contributed by atoms with Crippen molar-refractivity contribution in [1.29, 1.82) is 0 Å². The van der Waals surface area contributed by atoms with Gasteiger partial charge < -0.3 is 0 Å². The van der Waals surface area contributed by atoms with E-state index < -0.39 is 6.08 Å². The van der Waals surface area contributed by atoms with Gasteiger partial charge in [-0.15, -0.1) is 11.3 Å². The van der Waals surface area contributed by atoms with Crippen molar-refractivity contribution in [1.82, 2.24) is 0 Å². The molecule has 47 valence electrons. The second-order valence-corrected chi connectivity index (χ2v) is 2.14. The van der Waals surface area contributed by atoms with Gasteiger partial charge in [0.2, 0.25) is 0 Å². The Kier molecular flexibility index (Phi) is 1.95. The lowest BCUT2D eigenvalue weighted by Gasteiger charge is -1.77. The molecule has 0 bridgehead atoms. The zero-order valence-electron chi connectivity index (χ0n) is 4.40. The molecule has 0 amide bonds. The third-order valence-electron chi connectivity index (χ3n) is 0.764. The maximum atomic E-state index is 11.4. The van der Waals surface area contributed by atoms with Gasteiger partial charge in [-0.25, -0.2) is 0 Å². The van der Waals surface area contributed by atoms with Crippen LogP contribution in [-0.4, -0.2) is 0 Å². The lowest BCUT2D eigenvalue weighted by Crippen LogP contribution is -1.59. The molecule has 1 rings (SSSR count). The summed E-state index contributed by atoms with van der Waals surface area (Å²) in [5.41, 5.74) is 0.514. The van der Waals surface area contributed by atoms with E-state index in [1.165, 1.54) is 17.4 Å². The van der Waals surface area contributed by atoms with E-state index in [2.05, 4.69) is 5.38 Å². The molecule has 1 aromatic heterocycles. The molecule has 0 N–H and O–H groups in total. The SMILES string of the molecule is FC(F)=Cc1c[c]sc1. The zero-order chi connectivity index (χ0) is 6.69. The molecule has 0 fully saturated rings. The average molecular weight is 145 g/mol. The van der Waals surface area contributed by atoms with Gasteiger partial charge in [0.25, 0.3) is 6.08 Å². The van der Waals surface area contributed by atoms with Gasteiger partial charge in [0.15, 0.2) is 0 Å². The molecule has 0 aliphatic rings. The van der Waals surface area contributed by atoms with Gasteiger partial charge in [-0.1, -0.05) is 0 Å². The highest BCUT2D eigenvalue weighted by Crippen LogP contribution is 2.11. The quantitative estimate of drug-likeness (QED) is 0.570. The lowest BCUT2D eigenvalue weighted by molar-refractivity contribution is 0.429. The van der Waals surface area contributed by atoms with Gasteiger partial charge >= 0.3 is 0 Å². The molecule has 1 heterocycles. The Labute approximate surface area is 55.4 Å². The highest BCUT2D eigenvalue weighted by atomic mass is 32.1. The summed E-state index contributed by atoms with van der Waals surface area (Å²) in [4.78, 5) is 0. The van der Waals surface area contributed by atoms with Crippen molar-refractivity contribution >= 4 is 17.4 Å². The van der Waals surface area contributed by atoms with E-state index in [1.54, 1.807) is 5.38 Å². The van der Waals surface area contributed by atoms with Crippen molar-refractivity contribution < 1.29 is 8.78 Å². The van der Waals surface area contributed by atoms with E-state index in [1.807, 2.05) is 0 Å². The smallest absolute Gasteiger partial charge is 0.173 e. The minimum absolute atomic E-state index is 0.514. The van der Waals surface area contributed by atoms with Crippen LogP contribution in [-0.2, 0) is 0 Å². The van der Waals surface area contributed by atoms with Crippen LogP contribution in [0, 0.1) is 5.38 Å². The first kappa shape index (κ1) is 6.42. The van der Waals surface area contributed by atoms with Crippen molar-refractivity contribution in [3.8, 4) is 0 Å². The molecule has 0 aliphatic carbocycles. The standard InChI is InChI=1S/C6H3F2S/c7-6(8)3-5-1-2-9-4-5/h1,3-4H. The molecule has 0 nitrogen and oxygen atoms in total. The molecule has 1 aromatic rings.